The number of halogens is 1. The fourth-order valence-electron chi connectivity index (χ4n) is 2.39. The topological polar surface area (TPSA) is 55.8 Å². The average molecular weight is 288 g/mol. The van der Waals surface area contributed by atoms with Crippen LogP contribution >= 0.6 is 0 Å². The van der Waals surface area contributed by atoms with E-state index in [1.165, 1.54) is 31.4 Å². The van der Waals surface area contributed by atoms with E-state index < -0.39 is 11.9 Å². The summed E-state index contributed by atoms with van der Waals surface area (Å²) in [6.07, 6.45) is -0.409. The van der Waals surface area contributed by atoms with Gasteiger partial charge in [0.2, 0.25) is 0 Å². The quantitative estimate of drug-likeness (QED) is 0.921. The molecule has 1 aliphatic rings. The number of benzene rings is 2. The molecule has 1 unspecified atom stereocenters. The van der Waals surface area contributed by atoms with Crippen molar-refractivity contribution in [2.75, 3.05) is 7.11 Å². The second kappa shape index (κ2) is 5.09. The number of Topliss-reactive ketones (excluding diaryl/α,β-unsaturated/α-hetero) is 1. The Morgan fingerprint density at radius 2 is 2.10 bits per heavy atom. The van der Waals surface area contributed by atoms with Crippen molar-refractivity contribution in [3.05, 3.63) is 53.3 Å². The second-order valence-corrected chi connectivity index (χ2v) is 4.81. The zero-order chi connectivity index (χ0) is 15.0. The summed E-state index contributed by atoms with van der Waals surface area (Å²) in [6, 6.07) is 8.65. The van der Waals surface area contributed by atoms with Crippen LogP contribution in [0.5, 0.6) is 17.2 Å². The maximum Gasteiger partial charge on any atom is 0.170 e. The molecule has 3 rings (SSSR count). The van der Waals surface area contributed by atoms with Crippen molar-refractivity contribution in [3.63, 3.8) is 0 Å². The molecule has 4 nitrogen and oxygen atoms in total. The Morgan fingerprint density at radius 1 is 1.29 bits per heavy atom. The van der Waals surface area contributed by atoms with Gasteiger partial charge in [0.1, 0.15) is 17.7 Å². The summed E-state index contributed by atoms with van der Waals surface area (Å²) in [4.78, 5) is 12.1. The third-order valence-electron chi connectivity index (χ3n) is 3.46. The molecular weight excluding hydrogens is 275 g/mol. The minimum atomic E-state index is -0.552. The molecule has 5 heteroatoms. The minimum Gasteiger partial charge on any atom is -0.504 e. The second-order valence-electron chi connectivity index (χ2n) is 4.81. The van der Waals surface area contributed by atoms with Gasteiger partial charge in [0.05, 0.1) is 19.1 Å². The third kappa shape index (κ3) is 2.42. The Kier molecular flexibility index (Phi) is 3.25. The number of phenolic OH excluding ortho intramolecular Hbond substituents is 1. The van der Waals surface area contributed by atoms with E-state index in [0.717, 1.165) is 0 Å². The summed E-state index contributed by atoms with van der Waals surface area (Å²) >= 11 is 0. The lowest BCUT2D eigenvalue weighted by Crippen LogP contribution is -2.20. The summed E-state index contributed by atoms with van der Waals surface area (Å²) in [5.41, 5.74) is 1.02. The van der Waals surface area contributed by atoms with Crippen LogP contribution < -0.4 is 9.47 Å². The van der Waals surface area contributed by atoms with E-state index in [2.05, 4.69) is 0 Å². The van der Waals surface area contributed by atoms with Gasteiger partial charge in [-0.05, 0) is 29.8 Å². The van der Waals surface area contributed by atoms with E-state index in [4.69, 9.17) is 9.47 Å². The summed E-state index contributed by atoms with van der Waals surface area (Å²) in [6.45, 7) is 0. The van der Waals surface area contributed by atoms with Crippen molar-refractivity contribution < 1.29 is 23.8 Å². The van der Waals surface area contributed by atoms with E-state index in [1.807, 2.05) is 0 Å². The zero-order valence-corrected chi connectivity index (χ0v) is 11.3. The largest absolute Gasteiger partial charge is 0.504 e. The highest BCUT2D eigenvalue weighted by atomic mass is 19.1. The molecule has 0 amide bonds. The van der Waals surface area contributed by atoms with Crippen LogP contribution in [0.2, 0.25) is 0 Å². The first kappa shape index (κ1) is 13.4. The predicted octanol–water partition coefficient (Wildman–Crippen LogP) is 3.25. The molecule has 0 fully saturated rings. The van der Waals surface area contributed by atoms with Crippen LogP contribution in [-0.4, -0.2) is 18.0 Å². The molecular formula is C16H13FO4. The van der Waals surface area contributed by atoms with Gasteiger partial charge < -0.3 is 14.6 Å². The lowest BCUT2D eigenvalue weighted by Gasteiger charge is -2.25. The smallest absolute Gasteiger partial charge is 0.170 e. The van der Waals surface area contributed by atoms with Crippen LogP contribution in [0.3, 0.4) is 0 Å². The Balaban J connectivity index is 1.95. The standard InChI is InChI=1S/C16H13FO4/c1-20-14-5-2-9(6-13(14)19)15-8-12(18)11-4-3-10(17)7-16(11)21-15/h2-7,15,19H,8H2,1H3. The van der Waals surface area contributed by atoms with Gasteiger partial charge in [-0.1, -0.05) is 6.07 Å². The van der Waals surface area contributed by atoms with E-state index >= 15 is 0 Å². The van der Waals surface area contributed by atoms with Gasteiger partial charge >= 0.3 is 0 Å². The number of ketones is 1. The molecule has 0 radical (unpaired) electrons. The molecule has 1 N–H and O–H groups in total. The van der Waals surface area contributed by atoms with Crippen molar-refractivity contribution >= 4 is 5.78 Å². The van der Waals surface area contributed by atoms with Crippen LogP contribution in [0.15, 0.2) is 36.4 Å². The summed E-state index contributed by atoms with van der Waals surface area (Å²) < 4.78 is 23.9. The van der Waals surface area contributed by atoms with Crippen molar-refractivity contribution in [1.29, 1.82) is 0 Å². The van der Waals surface area contributed by atoms with E-state index in [9.17, 15) is 14.3 Å². The zero-order valence-electron chi connectivity index (χ0n) is 11.3. The van der Waals surface area contributed by atoms with Crippen LogP contribution in [0.1, 0.15) is 28.4 Å². The predicted molar refractivity (Wildman–Crippen MR) is 73.4 cm³/mol. The maximum absolute atomic E-state index is 13.3. The molecule has 0 aliphatic carbocycles. The number of rotatable bonds is 2. The number of ether oxygens (including phenoxy) is 2. The molecule has 0 bridgehead atoms. The minimum absolute atomic E-state index is 0.0314. The van der Waals surface area contributed by atoms with Crippen molar-refractivity contribution in [2.45, 2.75) is 12.5 Å². The number of methoxy groups -OCH3 is 1. The molecule has 0 saturated carbocycles. The molecule has 1 aliphatic heterocycles. The van der Waals surface area contributed by atoms with Crippen LogP contribution in [0, 0.1) is 5.82 Å². The Morgan fingerprint density at radius 3 is 2.81 bits per heavy atom. The molecule has 0 saturated heterocycles. The van der Waals surface area contributed by atoms with Crippen LogP contribution in [0.4, 0.5) is 4.39 Å². The molecule has 21 heavy (non-hydrogen) atoms. The summed E-state index contributed by atoms with van der Waals surface area (Å²) in [5, 5.41) is 9.80. The molecule has 0 spiro atoms. The monoisotopic (exact) mass is 288 g/mol. The first-order chi connectivity index (χ1) is 10.1. The molecule has 2 aromatic carbocycles. The number of hydrogen-bond donors (Lipinski definition) is 1. The number of carbonyl (C=O) groups is 1. The lowest BCUT2D eigenvalue weighted by atomic mass is 9.96. The van der Waals surface area contributed by atoms with E-state index in [0.29, 0.717) is 16.9 Å². The maximum atomic E-state index is 13.3. The van der Waals surface area contributed by atoms with Gasteiger partial charge in [-0.3, -0.25) is 4.79 Å². The SMILES string of the molecule is COc1ccc(C2CC(=O)c3ccc(F)cc3O2)cc1O. The van der Waals surface area contributed by atoms with Crippen molar-refractivity contribution in [1.82, 2.24) is 0 Å². The van der Waals surface area contributed by atoms with E-state index in [-0.39, 0.29) is 23.7 Å². The molecule has 2 aromatic rings. The van der Waals surface area contributed by atoms with Crippen LogP contribution in [-0.2, 0) is 0 Å². The van der Waals surface area contributed by atoms with Gasteiger partial charge in [0, 0.05) is 6.07 Å². The fourth-order valence-corrected chi connectivity index (χ4v) is 2.39. The highest BCUT2D eigenvalue weighted by Crippen LogP contribution is 2.37. The van der Waals surface area contributed by atoms with Gasteiger partial charge in [-0.25, -0.2) is 4.39 Å². The van der Waals surface area contributed by atoms with Gasteiger partial charge in [0.25, 0.3) is 0 Å². The van der Waals surface area contributed by atoms with Gasteiger partial charge in [0.15, 0.2) is 17.3 Å². The molecule has 1 atom stereocenters. The Bertz CT molecular complexity index is 711. The summed E-state index contributed by atoms with van der Waals surface area (Å²) in [5.74, 6) is -0.0358. The van der Waals surface area contributed by atoms with Crippen LogP contribution in [0.25, 0.3) is 0 Å². The van der Waals surface area contributed by atoms with Gasteiger partial charge in [-0.15, -0.1) is 0 Å². The van der Waals surface area contributed by atoms with E-state index in [1.54, 1.807) is 12.1 Å². The number of fused-ring (bicyclic) bond motifs is 1. The lowest BCUT2D eigenvalue weighted by molar-refractivity contribution is 0.0849. The average Bonchev–Trinajstić information content (AvgIpc) is 2.46. The summed E-state index contributed by atoms with van der Waals surface area (Å²) in [7, 11) is 1.45. The molecule has 108 valence electrons. The Hall–Kier alpha value is -2.56. The fraction of sp³-hybridized carbons (Fsp3) is 0.188. The Labute approximate surface area is 120 Å². The molecule has 0 aromatic heterocycles. The first-order valence-corrected chi connectivity index (χ1v) is 6.45. The van der Waals surface area contributed by atoms with Gasteiger partial charge in [-0.2, -0.15) is 0 Å². The molecule has 1 heterocycles. The highest BCUT2D eigenvalue weighted by Gasteiger charge is 2.28. The number of hydrogen-bond acceptors (Lipinski definition) is 4. The number of phenols is 1. The van der Waals surface area contributed by atoms with Crippen molar-refractivity contribution in [3.8, 4) is 17.2 Å². The normalized spacial score (nSPS) is 17.0. The highest BCUT2D eigenvalue weighted by molar-refractivity contribution is 6.00. The number of aromatic hydroxyl groups is 1. The third-order valence-corrected chi connectivity index (χ3v) is 3.46. The van der Waals surface area contributed by atoms with Crippen molar-refractivity contribution in [2.24, 2.45) is 0 Å². The first-order valence-electron chi connectivity index (χ1n) is 6.45. The number of carbonyl (C=O) groups excluding carboxylic acids is 1.